The number of H-pyrrole nitrogens is 1. The summed E-state index contributed by atoms with van der Waals surface area (Å²) in [5.41, 5.74) is 3.16. The van der Waals surface area contributed by atoms with Crippen LogP contribution in [0.1, 0.15) is 29.4 Å². The number of aromatic amines is 1. The Morgan fingerprint density at radius 3 is 3.09 bits per heavy atom. The zero-order valence-electron chi connectivity index (χ0n) is 13.0. The van der Waals surface area contributed by atoms with Crippen LogP contribution in [0.3, 0.4) is 0 Å². The molecule has 7 heteroatoms. The third kappa shape index (κ3) is 2.89. The van der Waals surface area contributed by atoms with E-state index in [9.17, 15) is 4.79 Å². The Labute approximate surface area is 129 Å². The lowest BCUT2D eigenvalue weighted by Crippen LogP contribution is -2.43. The van der Waals surface area contributed by atoms with E-state index in [0.29, 0.717) is 32.6 Å². The van der Waals surface area contributed by atoms with Gasteiger partial charge in [-0.3, -0.25) is 14.6 Å². The van der Waals surface area contributed by atoms with E-state index >= 15 is 0 Å². The maximum atomic E-state index is 12.6. The van der Waals surface area contributed by atoms with Gasteiger partial charge in [0.2, 0.25) is 5.91 Å². The van der Waals surface area contributed by atoms with E-state index in [1.165, 1.54) is 0 Å². The van der Waals surface area contributed by atoms with Crippen molar-refractivity contribution in [3.63, 3.8) is 0 Å². The maximum Gasteiger partial charge on any atom is 0.223 e. The molecule has 1 fully saturated rings. The Kier molecular flexibility index (Phi) is 4.24. The first-order chi connectivity index (χ1) is 10.7. The van der Waals surface area contributed by atoms with E-state index < -0.39 is 0 Å². The highest BCUT2D eigenvalue weighted by atomic mass is 16.5. The van der Waals surface area contributed by atoms with Gasteiger partial charge in [-0.15, -0.1) is 0 Å². The number of nitrogens with one attached hydrogen (secondary N) is 1. The van der Waals surface area contributed by atoms with Crippen LogP contribution in [0.5, 0.6) is 0 Å². The van der Waals surface area contributed by atoms with Crippen LogP contribution in [0.15, 0.2) is 18.5 Å². The largest absolute Gasteiger partial charge is 0.377 e. The first-order valence-electron chi connectivity index (χ1n) is 7.51. The molecule has 7 nitrogen and oxygen atoms in total. The molecule has 1 aliphatic heterocycles. The van der Waals surface area contributed by atoms with Crippen molar-refractivity contribution in [3.8, 4) is 0 Å². The molecule has 1 amide bonds. The second kappa shape index (κ2) is 6.31. The van der Waals surface area contributed by atoms with E-state index in [2.05, 4.69) is 15.3 Å². The molecule has 2 aromatic heterocycles. The van der Waals surface area contributed by atoms with Gasteiger partial charge in [0.05, 0.1) is 31.1 Å². The van der Waals surface area contributed by atoms with Crippen molar-refractivity contribution in [2.45, 2.75) is 25.8 Å². The van der Waals surface area contributed by atoms with Crippen LogP contribution < -0.4 is 0 Å². The number of carbonyl (C=O) groups is 1. The molecule has 3 rings (SSSR count). The lowest BCUT2D eigenvalue weighted by molar-refractivity contribution is -0.140. The van der Waals surface area contributed by atoms with Crippen LogP contribution in [0, 0.1) is 6.92 Å². The third-order valence-corrected chi connectivity index (χ3v) is 4.28. The fourth-order valence-corrected chi connectivity index (χ4v) is 2.79. The second-order valence-electron chi connectivity index (χ2n) is 5.57. The summed E-state index contributed by atoms with van der Waals surface area (Å²) in [5.74, 6) is 0.145. The lowest BCUT2D eigenvalue weighted by Gasteiger charge is -2.35. The minimum atomic E-state index is -0.0706. The second-order valence-corrected chi connectivity index (χ2v) is 5.57. The van der Waals surface area contributed by atoms with Gasteiger partial charge in [-0.2, -0.15) is 10.2 Å². The first kappa shape index (κ1) is 14.8. The molecule has 2 aromatic rings. The van der Waals surface area contributed by atoms with Crippen molar-refractivity contribution >= 4 is 5.91 Å². The van der Waals surface area contributed by atoms with E-state index in [0.717, 1.165) is 17.0 Å². The zero-order valence-corrected chi connectivity index (χ0v) is 13.0. The van der Waals surface area contributed by atoms with Gasteiger partial charge < -0.3 is 9.64 Å². The predicted octanol–water partition coefficient (Wildman–Crippen LogP) is 0.984. The number of carbonyl (C=O) groups excluding carboxylic acids is 1. The van der Waals surface area contributed by atoms with Crippen molar-refractivity contribution in [2.24, 2.45) is 7.05 Å². The van der Waals surface area contributed by atoms with Gasteiger partial charge in [-0.1, -0.05) is 0 Å². The number of hydrogen-bond donors (Lipinski definition) is 1. The topological polar surface area (TPSA) is 76.0 Å². The average Bonchev–Trinajstić information content (AvgIpc) is 3.17. The van der Waals surface area contributed by atoms with Crippen LogP contribution in [0.4, 0.5) is 0 Å². The SMILES string of the molecule is Cc1c(CCC(=O)N2CCOCC2c2ccn[nH]2)cnn1C. The summed E-state index contributed by atoms with van der Waals surface area (Å²) >= 11 is 0. The molecular formula is C15H21N5O2. The number of hydrogen-bond acceptors (Lipinski definition) is 4. The molecule has 0 spiro atoms. The normalized spacial score (nSPS) is 18.6. The summed E-state index contributed by atoms with van der Waals surface area (Å²) in [6.45, 7) is 3.74. The van der Waals surface area contributed by atoms with Gasteiger partial charge in [0.1, 0.15) is 0 Å². The van der Waals surface area contributed by atoms with Crippen LogP contribution in [-0.2, 0) is 23.0 Å². The molecule has 1 N–H and O–H groups in total. The van der Waals surface area contributed by atoms with E-state index in [-0.39, 0.29) is 11.9 Å². The third-order valence-electron chi connectivity index (χ3n) is 4.28. The quantitative estimate of drug-likeness (QED) is 0.913. The number of nitrogens with zero attached hydrogens (tertiary/aromatic N) is 4. The highest BCUT2D eigenvalue weighted by molar-refractivity contribution is 5.77. The summed E-state index contributed by atoms with van der Waals surface area (Å²) in [5, 5.41) is 11.1. The zero-order chi connectivity index (χ0) is 15.5. The van der Waals surface area contributed by atoms with Crippen LogP contribution in [0.25, 0.3) is 0 Å². The molecule has 1 unspecified atom stereocenters. The van der Waals surface area contributed by atoms with Crippen molar-refractivity contribution in [1.82, 2.24) is 24.9 Å². The molecule has 1 saturated heterocycles. The summed E-state index contributed by atoms with van der Waals surface area (Å²) < 4.78 is 7.35. The van der Waals surface area contributed by atoms with Crippen LogP contribution in [0.2, 0.25) is 0 Å². The lowest BCUT2D eigenvalue weighted by atomic mass is 10.1. The molecule has 0 aliphatic carbocycles. The molecule has 0 radical (unpaired) electrons. The minimum absolute atomic E-state index is 0.0706. The molecule has 0 saturated carbocycles. The standard InChI is InChI=1S/C15H21N5O2/c1-11-12(9-17-19(11)2)3-4-15(21)20-7-8-22-10-14(20)13-5-6-16-18-13/h5-6,9,14H,3-4,7-8,10H2,1-2H3,(H,16,18). The van der Waals surface area contributed by atoms with Crippen LogP contribution >= 0.6 is 0 Å². The Morgan fingerprint density at radius 2 is 2.41 bits per heavy atom. The number of rotatable bonds is 4. The highest BCUT2D eigenvalue weighted by Crippen LogP contribution is 2.23. The molecular weight excluding hydrogens is 282 g/mol. The maximum absolute atomic E-state index is 12.6. The van der Waals surface area contributed by atoms with Gasteiger partial charge in [0, 0.05) is 31.9 Å². The van der Waals surface area contributed by atoms with Gasteiger partial charge in [0.25, 0.3) is 0 Å². The fourth-order valence-electron chi connectivity index (χ4n) is 2.79. The van der Waals surface area contributed by atoms with Gasteiger partial charge in [-0.25, -0.2) is 0 Å². The van der Waals surface area contributed by atoms with Crippen LogP contribution in [-0.4, -0.2) is 50.5 Å². The molecule has 118 valence electrons. The molecule has 0 bridgehead atoms. The Morgan fingerprint density at radius 1 is 1.55 bits per heavy atom. The number of amides is 1. The smallest absolute Gasteiger partial charge is 0.223 e. The number of aryl methyl sites for hydroxylation is 2. The average molecular weight is 303 g/mol. The monoisotopic (exact) mass is 303 g/mol. The van der Waals surface area contributed by atoms with Gasteiger partial charge in [0.15, 0.2) is 0 Å². The van der Waals surface area contributed by atoms with Crippen molar-refractivity contribution in [3.05, 3.63) is 35.4 Å². The molecule has 0 aromatic carbocycles. The number of morpholine rings is 1. The summed E-state index contributed by atoms with van der Waals surface area (Å²) in [7, 11) is 1.91. The Balaban J connectivity index is 1.66. The molecule has 1 aliphatic rings. The van der Waals surface area contributed by atoms with Gasteiger partial charge in [-0.05, 0) is 25.0 Å². The summed E-state index contributed by atoms with van der Waals surface area (Å²) in [6.07, 6.45) is 4.74. The molecule has 3 heterocycles. The van der Waals surface area contributed by atoms with E-state index in [1.807, 2.05) is 35.8 Å². The van der Waals surface area contributed by atoms with E-state index in [4.69, 9.17) is 4.74 Å². The van der Waals surface area contributed by atoms with Crippen molar-refractivity contribution in [2.75, 3.05) is 19.8 Å². The molecule has 22 heavy (non-hydrogen) atoms. The molecule has 1 atom stereocenters. The number of ether oxygens (including phenoxy) is 1. The Hall–Kier alpha value is -2.15. The van der Waals surface area contributed by atoms with E-state index in [1.54, 1.807) is 6.20 Å². The highest BCUT2D eigenvalue weighted by Gasteiger charge is 2.29. The Bertz CT molecular complexity index is 634. The summed E-state index contributed by atoms with van der Waals surface area (Å²) in [6, 6.07) is 1.82. The predicted molar refractivity (Wildman–Crippen MR) is 80.1 cm³/mol. The summed E-state index contributed by atoms with van der Waals surface area (Å²) in [4.78, 5) is 14.5. The first-order valence-corrected chi connectivity index (χ1v) is 7.51. The van der Waals surface area contributed by atoms with Crippen molar-refractivity contribution < 1.29 is 9.53 Å². The van der Waals surface area contributed by atoms with Gasteiger partial charge >= 0.3 is 0 Å². The fraction of sp³-hybridized carbons (Fsp3) is 0.533. The number of aromatic nitrogens is 4. The van der Waals surface area contributed by atoms with Crippen molar-refractivity contribution in [1.29, 1.82) is 0 Å². The minimum Gasteiger partial charge on any atom is -0.377 e.